The zero-order valence-electron chi connectivity index (χ0n) is 13.0. The first-order chi connectivity index (χ1) is 9.75. The number of hydrogen-bond acceptors (Lipinski definition) is 3. The molecule has 1 aliphatic heterocycles. The van der Waals surface area contributed by atoms with Crippen LogP contribution in [0.2, 0.25) is 0 Å². The number of nitrogens with zero attached hydrogens (tertiary/aromatic N) is 1. The van der Waals surface area contributed by atoms with Gasteiger partial charge in [-0.3, -0.25) is 4.79 Å². The van der Waals surface area contributed by atoms with E-state index >= 15 is 0 Å². The Morgan fingerprint density at radius 3 is 2.30 bits per heavy atom. The van der Waals surface area contributed by atoms with Crippen LogP contribution in [0.25, 0.3) is 0 Å². The van der Waals surface area contributed by atoms with Gasteiger partial charge in [0.05, 0.1) is 0 Å². The molecule has 1 saturated heterocycles. The van der Waals surface area contributed by atoms with Gasteiger partial charge in [-0.05, 0) is 45.8 Å². The van der Waals surface area contributed by atoms with Gasteiger partial charge in [-0.25, -0.2) is 0 Å². The van der Waals surface area contributed by atoms with Crippen LogP contribution in [-0.4, -0.2) is 50.1 Å². The quantitative estimate of drug-likeness (QED) is 0.596. The molecule has 0 aromatic rings. The zero-order chi connectivity index (χ0) is 14.2. The van der Waals surface area contributed by atoms with Gasteiger partial charge in [-0.15, -0.1) is 0 Å². The van der Waals surface area contributed by atoms with Gasteiger partial charge in [0.2, 0.25) is 5.91 Å². The fourth-order valence-corrected chi connectivity index (χ4v) is 3.36. The predicted molar refractivity (Wildman–Crippen MR) is 82.7 cm³/mol. The Hall–Kier alpha value is -0.610. The number of amides is 1. The molecule has 1 aliphatic carbocycles. The fraction of sp³-hybridized carbons (Fsp3) is 0.938. The van der Waals surface area contributed by atoms with Gasteiger partial charge in [0, 0.05) is 25.0 Å². The minimum Gasteiger partial charge on any atom is -0.355 e. The lowest BCUT2D eigenvalue weighted by Crippen LogP contribution is -2.42. The van der Waals surface area contributed by atoms with Crippen molar-refractivity contribution in [2.24, 2.45) is 5.92 Å². The van der Waals surface area contributed by atoms with Crippen molar-refractivity contribution in [2.75, 3.05) is 33.2 Å². The van der Waals surface area contributed by atoms with Crippen molar-refractivity contribution in [3.8, 4) is 0 Å². The van der Waals surface area contributed by atoms with Crippen LogP contribution < -0.4 is 10.6 Å². The summed E-state index contributed by atoms with van der Waals surface area (Å²) in [5.41, 5.74) is 0. The molecular formula is C16H31N3O. The van der Waals surface area contributed by atoms with Gasteiger partial charge >= 0.3 is 0 Å². The maximum atomic E-state index is 12.1. The minimum absolute atomic E-state index is 0.240. The number of rotatable bonds is 5. The maximum absolute atomic E-state index is 12.1. The van der Waals surface area contributed by atoms with E-state index in [9.17, 15) is 4.79 Å². The second kappa shape index (κ2) is 8.63. The summed E-state index contributed by atoms with van der Waals surface area (Å²) in [6.07, 6.45) is 10.2. The molecule has 2 N–H and O–H groups in total. The van der Waals surface area contributed by atoms with Crippen molar-refractivity contribution < 1.29 is 4.79 Å². The van der Waals surface area contributed by atoms with Crippen LogP contribution in [-0.2, 0) is 4.79 Å². The standard InChI is InChI=1S/C16H31N3O/c1-19-12-8-14(9-13-19)16(20)18-11-10-17-15-6-4-2-3-5-7-15/h14-15,17H,2-13H2,1H3,(H,18,20). The Balaban J connectivity index is 1.54. The molecule has 1 amide bonds. The van der Waals surface area contributed by atoms with Crippen LogP contribution in [0.15, 0.2) is 0 Å². The Morgan fingerprint density at radius 1 is 1.00 bits per heavy atom. The average Bonchev–Trinajstić information content (AvgIpc) is 2.73. The third kappa shape index (κ3) is 5.41. The average molecular weight is 281 g/mol. The van der Waals surface area contributed by atoms with Crippen LogP contribution in [0.5, 0.6) is 0 Å². The molecular weight excluding hydrogens is 250 g/mol. The summed E-state index contributed by atoms with van der Waals surface area (Å²) >= 11 is 0. The van der Waals surface area contributed by atoms with Gasteiger partial charge in [-0.2, -0.15) is 0 Å². The first kappa shape index (κ1) is 15.8. The summed E-state index contributed by atoms with van der Waals surface area (Å²) in [5, 5.41) is 6.71. The van der Waals surface area contributed by atoms with E-state index in [0.29, 0.717) is 6.04 Å². The number of carbonyl (C=O) groups excluding carboxylic acids is 1. The number of hydrogen-bond donors (Lipinski definition) is 2. The minimum atomic E-state index is 0.240. The molecule has 4 heteroatoms. The molecule has 0 spiro atoms. The van der Waals surface area contributed by atoms with Crippen LogP contribution >= 0.6 is 0 Å². The van der Waals surface area contributed by atoms with Crippen LogP contribution in [0.4, 0.5) is 0 Å². The lowest BCUT2D eigenvalue weighted by molar-refractivity contribution is -0.126. The molecule has 0 radical (unpaired) electrons. The highest BCUT2D eigenvalue weighted by Gasteiger charge is 2.22. The Bertz CT molecular complexity index is 279. The molecule has 1 saturated carbocycles. The smallest absolute Gasteiger partial charge is 0.223 e. The second-order valence-corrected chi connectivity index (χ2v) is 6.51. The molecule has 0 unspecified atom stereocenters. The van der Waals surface area contributed by atoms with Crippen LogP contribution in [0, 0.1) is 5.92 Å². The predicted octanol–water partition coefficient (Wildman–Crippen LogP) is 1.76. The summed E-state index contributed by atoms with van der Waals surface area (Å²) in [6, 6.07) is 0.678. The summed E-state index contributed by atoms with van der Waals surface area (Å²) in [6.45, 7) is 3.81. The van der Waals surface area contributed by atoms with E-state index in [4.69, 9.17) is 0 Å². The van der Waals surface area contributed by atoms with Crippen molar-refractivity contribution in [3.05, 3.63) is 0 Å². The third-order valence-electron chi connectivity index (χ3n) is 4.80. The Morgan fingerprint density at radius 2 is 1.65 bits per heavy atom. The highest BCUT2D eigenvalue weighted by Crippen LogP contribution is 2.17. The van der Waals surface area contributed by atoms with Gasteiger partial charge in [-0.1, -0.05) is 25.7 Å². The number of likely N-dealkylation sites (tertiary alicyclic amines) is 1. The zero-order valence-corrected chi connectivity index (χ0v) is 13.0. The molecule has 20 heavy (non-hydrogen) atoms. The summed E-state index contributed by atoms with van der Waals surface area (Å²) in [5.74, 6) is 0.504. The van der Waals surface area contributed by atoms with Gasteiger partial charge in [0.25, 0.3) is 0 Å². The highest BCUT2D eigenvalue weighted by atomic mass is 16.1. The number of carbonyl (C=O) groups is 1. The molecule has 2 rings (SSSR count). The van der Waals surface area contributed by atoms with E-state index in [2.05, 4.69) is 22.6 Å². The van der Waals surface area contributed by atoms with Crippen molar-refractivity contribution in [1.82, 2.24) is 15.5 Å². The van der Waals surface area contributed by atoms with Crippen molar-refractivity contribution >= 4 is 5.91 Å². The van der Waals surface area contributed by atoms with E-state index < -0.39 is 0 Å². The molecule has 0 aromatic heterocycles. The summed E-state index contributed by atoms with van der Waals surface area (Å²) in [7, 11) is 2.13. The number of piperidine rings is 1. The van der Waals surface area contributed by atoms with Gasteiger partial charge in [0.1, 0.15) is 0 Å². The highest BCUT2D eigenvalue weighted by molar-refractivity contribution is 5.78. The molecule has 0 aromatic carbocycles. The summed E-state index contributed by atoms with van der Waals surface area (Å²) in [4.78, 5) is 14.4. The van der Waals surface area contributed by atoms with E-state index in [1.165, 1.54) is 38.5 Å². The second-order valence-electron chi connectivity index (χ2n) is 6.51. The van der Waals surface area contributed by atoms with E-state index in [0.717, 1.165) is 39.0 Å². The maximum Gasteiger partial charge on any atom is 0.223 e. The molecule has 0 bridgehead atoms. The van der Waals surface area contributed by atoms with Gasteiger partial charge < -0.3 is 15.5 Å². The topological polar surface area (TPSA) is 44.4 Å². The van der Waals surface area contributed by atoms with E-state index in [1.54, 1.807) is 0 Å². The summed E-state index contributed by atoms with van der Waals surface area (Å²) < 4.78 is 0. The molecule has 2 fully saturated rings. The molecule has 4 nitrogen and oxygen atoms in total. The lowest BCUT2D eigenvalue weighted by Gasteiger charge is -2.28. The fourth-order valence-electron chi connectivity index (χ4n) is 3.36. The van der Waals surface area contributed by atoms with E-state index in [1.807, 2.05) is 0 Å². The monoisotopic (exact) mass is 281 g/mol. The molecule has 116 valence electrons. The van der Waals surface area contributed by atoms with E-state index in [-0.39, 0.29) is 11.8 Å². The van der Waals surface area contributed by atoms with Crippen LogP contribution in [0.3, 0.4) is 0 Å². The first-order valence-electron chi connectivity index (χ1n) is 8.45. The normalized spacial score (nSPS) is 23.4. The Kier molecular flexibility index (Phi) is 6.80. The van der Waals surface area contributed by atoms with Crippen molar-refractivity contribution in [1.29, 1.82) is 0 Å². The molecule has 1 heterocycles. The SMILES string of the molecule is CN1CCC(C(=O)NCCNC2CCCCCC2)CC1. The Labute approximate surface area is 123 Å². The molecule has 0 atom stereocenters. The third-order valence-corrected chi connectivity index (χ3v) is 4.80. The van der Waals surface area contributed by atoms with Crippen molar-refractivity contribution in [3.63, 3.8) is 0 Å². The van der Waals surface area contributed by atoms with Gasteiger partial charge in [0.15, 0.2) is 0 Å². The first-order valence-corrected chi connectivity index (χ1v) is 8.45. The van der Waals surface area contributed by atoms with Crippen molar-refractivity contribution in [2.45, 2.75) is 57.4 Å². The van der Waals surface area contributed by atoms with Crippen LogP contribution in [0.1, 0.15) is 51.4 Å². The largest absolute Gasteiger partial charge is 0.355 e. The lowest BCUT2D eigenvalue weighted by atomic mass is 9.96. The molecule has 2 aliphatic rings. The number of nitrogens with one attached hydrogen (secondary N) is 2.